The molecule has 4 nitrogen and oxygen atoms in total. The lowest BCUT2D eigenvalue weighted by Gasteiger charge is -2.15. The molecule has 0 saturated heterocycles. The van der Waals surface area contributed by atoms with Gasteiger partial charge in [-0.25, -0.2) is 4.98 Å². The first kappa shape index (κ1) is 9.92. The molecule has 1 rings (SSSR count). The molecule has 0 aliphatic carbocycles. The zero-order valence-electron chi connectivity index (χ0n) is 8.33. The van der Waals surface area contributed by atoms with E-state index in [-0.39, 0.29) is 5.78 Å². The van der Waals surface area contributed by atoms with Gasteiger partial charge in [-0.15, -0.1) is 0 Å². The highest BCUT2D eigenvalue weighted by Gasteiger charge is 2.27. The molecule has 0 unspecified atom stereocenters. The summed E-state index contributed by atoms with van der Waals surface area (Å²) in [4.78, 5) is 15.6. The van der Waals surface area contributed by atoms with Gasteiger partial charge in [0.25, 0.3) is 0 Å². The Labute approximate surface area is 77.2 Å². The smallest absolute Gasteiger partial charge is 0.211 e. The van der Waals surface area contributed by atoms with E-state index >= 15 is 0 Å². The molecule has 0 amide bonds. The van der Waals surface area contributed by atoms with E-state index in [0.717, 1.165) is 5.82 Å². The molecule has 0 aromatic carbocycles. The molecule has 1 heterocycles. The Morgan fingerprint density at radius 2 is 2.15 bits per heavy atom. The van der Waals surface area contributed by atoms with Crippen LogP contribution in [0.1, 0.15) is 30.2 Å². The van der Waals surface area contributed by atoms with Crippen molar-refractivity contribution in [2.75, 3.05) is 0 Å². The van der Waals surface area contributed by atoms with Gasteiger partial charge >= 0.3 is 0 Å². The van der Waals surface area contributed by atoms with Gasteiger partial charge in [0.2, 0.25) is 5.78 Å². The normalized spacial score (nSPS) is 11.8. The van der Waals surface area contributed by atoms with Crippen molar-refractivity contribution in [2.45, 2.75) is 26.4 Å². The van der Waals surface area contributed by atoms with Gasteiger partial charge in [0.05, 0.1) is 6.20 Å². The number of hydrogen-bond donors (Lipinski definition) is 1. The fourth-order valence-electron chi connectivity index (χ4n) is 1.03. The summed E-state index contributed by atoms with van der Waals surface area (Å²) in [6, 6.07) is 0. The average molecular weight is 182 g/mol. The number of imidazole rings is 1. The van der Waals surface area contributed by atoms with Crippen LogP contribution in [-0.4, -0.2) is 26.0 Å². The van der Waals surface area contributed by atoms with Crippen LogP contribution < -0.4 is 0 Å². The van der Waals surface area contributed by atoms with Crippen LogP contribution in [0.3, 0.4) is 0 Å². The van der Waals surface area contributed by atoms with E-state index in [9.17, 15) is 9.90 Å². The third kappa shape index (κ3) is 1.78. The van der Waals surface area contributed by atoms with E-state index in [0.29, 0.717) is 5.69 Å². The second-order valence-electron chi connectivity index (χ2n) is 3.64. The topological polar surface area (TPSA) is 55.1 Å². The van der Waals surface area contributed by atoms with Crippen molar-refractivity contribution in [1.29, 1.82) is 0 Å². The number of hydrogen-bond acceptors (Lipinski definition) is 3. The largest absolute Gasteiger partial charge is 0.382 e. The molecule has 0 spiro atoms. The summed E-state index contributed by atoms with van der Waals surface area (Å²) < 4.78 is 1.67. The number of carbonyl (C=O) groups is 1. The minimum Gasteiger partial charge on any atom is -0.382 e. The molecule has 4 heteroatoms. The van der Waals surface area contributed by atoms with E-state index < -0.39 is 5.60 Å². The van der Waals surface area contributed by atoms with Crippen LogP contribution in [0.4, 0.5) is 0 Å². The fourth-order valence-corrected chi connectivity index (χ4v) is 1.03. The summed E-state index contributed by atoms with van der Waals surface area (Å²) in [7, 11) is 1.75. The maximum Gasteiger partial charge on any atom is 0.211 e. The van der Waals surface area contributed by atoms with Gasteiger partial charge in [-0.1, -0.05) is 0 Å². The Bertz CT molecular complexity index is 334. The number of rotatable bonds is 2. The molecule has 0 aliphatic rings. The third-order valence-corrected chi connectivity index (χ3v) is 2.01. The first-order valence-corrected chi connectivity index (χ1v) is 4.09. The molecule has 0 radical (unpaired) electrons. The minimum absolute atomic E-state index is 0.310. The predicted octanol–water partition coefficient (Wildman–Crippen LogP) is 0.682. The van der Waals surface area contributed by atoms with E-state index in [2.05, 4.69) is 4.98 Å². The molecule has 0 aliphatic heterocycles. The fraction of sp³-hybridized carbons (Fsp3) is 0.556. The van der Waals surface area contributed by atoms with Crippen LogP contribution in [-0.2, 0) is 7.05 Å². The van der Waals surface area contributed by atoms with Gasteiger partial charge in [-0.3, -0.25) is 4.79 Å². The molecular formula is C9H14N2O2. The summed E-state index contributed by atoms with van der Waals surface area (Å²) in [6.07, 6.45) is 1.48. The molecule has 1 N–H and O–H groups in total. The second kappa shape index (κ2) is 2.96. The van der Waals surface area contributed by atoms with E-state index in [1.165, 1.54) is 20.0 Å². The minimum atomic E-state index is -1.33. The van der Waals surface area contributed by atoms with Crippen molar-refractivity contribution in [3.8, 4) is 0 Å². The zero-order valence-corrected chi connectivity index (χ0v) is 8.33. The van der Waals surface area contributed by atoms with Crippen LogP contribution in [0.25, 0.3) is 0 Å². The van der Waals surface area contributed by atoms with Gasteiger partial charge < -0.3 is 9.67 Å². The molecule has 0 saturated carbocycles. The quantitative estimate of drug-likeness (QED) is 0.684. The predicted molar refractivity (Wildman–Crippen MR) is 48.6 cm³/mol. The number of nitrogens with zero attached hydrogens (tertiary/aromatic N) is 2. The number of aromatic nitrogens is 2. The first-order valence-electron chi connectivity index (χ1n) is 4.09. The van der Waals surface area contributed by atoms with Crippen LogP contribution in [0, 0.1) is 6.92 Å². The summed E-state index contributed by atoms with van der Waals surface area (Å²) in [6.45, 7) is 4.75. The zero-order chi connectivity index (χ0) is 10.2. The Hall–Kier alpha value is -1.16. The van der Waals surface area contributed by atoms with Gasteiger partial charge in [0.1, 0.15) is 17.1 Å². The first-order chi connectivity index (χ1) is 5.84. The summed E-state index contributed by atoms with van der Waals surface area (Å²) in [5, 5.41) is 9.48. The van der Waals surface area contributed by atoms with Gasteiger partial charge in [-0.05, 0) is 20.8 Å². The molecule has 0 bridgehead atoms. The Balaban J connectivity index is 3.10. The number of Topliss-reactive ketones (excluding diaryl/α,β-unsaturated/α-hetero) is 1. The molecule has 0 fully saturated rings. The summed E-state index contributed by atoms with van der Waals surface area (Å²) in [5.74, 6) is 0.447. The maximum absolute atomic E-state index is 11.6. The highest BCUT2D eigenvalue weighted by molar-refractivity contribution is 6.00. The van der Waals surface area contributed by atoms with E-state index in [1.807, 2.05) is 0 Å². The molecule has 1 aromatic heterocycles. The number of ketones is 1. The molecule has 0 atom stereocenters. The number of aryl methyl sites for hydroxylation is 1. The lowest BCUT2D eigenvalue weighted by molar-refractivity contribution is 0.0478. The summed E-state index contributed by atoms with van der Waals surface area (Å²) in [5.41, 5.74) is -0.898. The summed E-state index contributed by atoms with van der Waals surface area (Å²) >= 11 is 0. The SMILES string of the molecule is Cc1ncc(C(=O)C(C)(C)O)n1C. The third-order valence-electron chi connectivity index (χ3n) is 2.01. The molecular weight excluding hydrogens is 168 g/mol. The monoisotopic (exact) mass is 182 g/mol. The van der Waals surface area contributed by atoms with Crippen LogP contribution in [0.2, 0.25) is 0 Å². The Kier molecular flexibility index (Phi) is 2.26. The Morgan fingerprint density at radius 3 is 2.46 bits per heavy atom. The number of carbonyl (C=O) groups excluding carboxylic acids is 1. The molecule has 72 valence electrons. The van der Waals surface area contributed by atoms with Crippen molar-refractivity contribution in [1.82, 2.24) is 9.55 Å². The van der Waals surface area contributed by atoms with Gasteiger partial charge in [0.15, 0.2) is 0 Å². The lowest BCUT2D eigenvalue weighted by atomic mass is 10.0. The van der Waals surface area contributed by atoms with Gasteiger partial charge in [-0.2, -0.15) is 0 Å². The van der Waals surface area contributed by atoms with Crippen molar-refractivity contribution < 1.29 is 9.90 Å². The van der Waals surface area contributed by atoms with Crippen LogP contribution >= 0.6 is 0 Å². The van der Waals surface area contributed by atoms with E-state index in [1.54, 1.807) is 18.5 Å². The second-order valence-corrected chi connectivity index (χ2v) is 3.64. The lowest BCUT2D eigenvalue weighted by Crippen LogP contribution is -2.32. The van der Waals surface area contributed by atoms with Crippen molar-refractivity contribution >= 4 is 5.78 Å². The Morgan fingerprint density at radius 1 is 1.62 bits per heavy atom. The van der Waals surface area contributed by atoms with Crippen molar-refractivity contribution in [3.05, 3.63) is 17.7 Å². The van der Waals surface area contributed by atoms with Gasteiger partial charge in [0, 0.05) is 7.05 Å². The van der Waals surface area contributed by atoms with Crippen LogP contribution in [0.15, 0.2) is 6.20 Å². The molecule has 13 heavy (non-hydrogen) atoms. The standard InChI is InChI=1S/C9H14N2O2/c1-6-10-5-7(11(6)4)8(12)9(2,3)13/h5,13H,1-4H3. The van der Waals surface area contributed by atoms with Crippen LogP contribution in [0.5, 0.6) is 0 Å². The highest BCUT2D eigenvalue weighted by atomic mass is 16.3. The van der Waals surface area contributed by atoms with E-state index in [4.69, 9.17) is 0 Å². The highest BCUT2D eigenvalue weighted by Crippen LogP contribution is 2.12. The molecule has 1 aromatic rings. The average Bonchev–Trinajstić information content (AvgIpc) is 2.30. The maximum atomic E-state index is 11.6. The van der Waals surface area contributed by atoms with Crippen molar-refractivity contribution in [3.63, 3.8) is 0 Å². The van der Waals surface area contributed by atoms with Crippen molar-refractivity contribution in [2.24, 2.45) is 7.05 Å². The number of aliphatic hydroxyl groups is 1.